The molecule has 5 rings (SSSR count). The number of anilines is 1. The van der Waals surface area contributed by atoms with Gasteiger partial charge in [0.1, 0.15) is 11.9 Å². The number of aromatic nitrogens is 3. The number of benzene rings is 2. The fraction of sp³-hybridized carbons (Fsp3) is 0.321. The van der Waals surface area contributed by atoms with Crippen LogP contribution in [0.25, 0.3) is 33.4 Å². The highest BCUT2D eigenvalue weighted by Crippen LogP contribution is 2.33. The molecule has 192 valence electrons. The fourth-order valence-electron chi connectivity index (χ4n) is 4.98. The van der Waals surface area contributed by atoms with Crippen LogP contribution in [-0.2, 0) is 9.53 Å². The van der Waals surface area contributed by atoms with Crippen LogP contribution in [0.2, 0.25) is 0 Å². The minimum Gasteiger partial charge on any atom is -0.453 e. The molecule has 0 saturated carbocycles. The van der Waals surface area contributed by atoms with Crippen molar-refractivity contribution >= 4 is 28.6 Å². The summed E-state index contributed by atoms with van der Waals surface area (Å²) in [5.74, 6) is 0.553. The average Bonchev–Trinajstić information content (AvgIpc) is 3.65. The molecule has 1 aliphatic heterocycles. The van der Waals surface area contributed by atoms with Crippen LogP contribution >= 0.6 is 0 Å². The normalized spacial score (nSPS) is 16.3. The number of aromatic amines is 2. The van der Waals surface area contributed by atoms with Crippen molar-refractivity contribution in [2.75, 3.05) is 19.4 Å². The van der Waals surface area contributed by atoms with Crippen molar-refractivity contribution in [1.82, 2.24) is 25.2 Å². The molecule has 37 heavy (non-hydrogen) atoms. The third kappa shape index (κ3) is 4.89. The molecule has 2 amide bonds. The molecule has 0 radical (unpaired) electrons. The standard InChI is InChI=1S/C28H32N6O3/c1-16(2)25(33-28(36)37-3)27(35)34-12-4-5-24(34)26-30-15-23(32-26)18-8-6-17(7-9-18)22-14-19-13-20(29)10-11-21(19)31-22/h6-11,13-16,24-25,31H,4-5,12,29H2,1-3H3,(H,30,32)(H,33,36). The largest absolute Gasteiger partial charge is 0.453 e. The van der Waals surface area contributed by atoms with Gasteiger partial charge in [0.05, 0.1) is 25.0 Å². The summed E-state index contributed by atoms with van der Waals surface area (Å²) in [6.07, 6.45) is 2.89. The van der Waals surface area contributed by atoms with Crippen LogP contribution in [-0.4, -0.2) is 51.5 Å². The number of carbonyl (C=O) groups is 2. The zero-order valence-electron chi connectivity index (χ0n) is 21.2. The Labute approximate surface area is 215 Å². The Morgan fingerprint density at radius 3 is 2.51 bits per heavy atom. The first-order chi connectivity index (χ1) is 17.8. The number of ether oxygens (including phenoxy) is 1. The van der Waals surface area contributed by atoms with E-state index >= 15 is 0 Å². The van der Waals surface area contributed by atoms with Gasteiger partial charge in [-0.1, -0.05) is 38.1 Å². The lowest BCUT2D eigenvalue weighted by Gasteiger charge is -2.30. The first-order valence-corrected chi connectivity index (χ1v) is 12.5. The molecular formula is C28H32N6O3. The van der Waals surface area contributed by atoms with E-state index in [0.29, 0.717) is 6.54 Å². The van der Waals surface area contributed by atoms with Gasteiger partial charge in [-0.3, -0.25) is 4.79 Å². The molecular weight excluding hydrogens is 468 g/mol. The number of H-pyrrole nitrogens is 2. The van der Waals surface area contributed by atoms with E-state index in [2.05, 4.69) is 50.6 Å². The minimum atomic E-state index is -0.656. The van der Waals surface area contributed by atoms with Crippen molar-refractivity contribution in [3.05, 3.63) is 60.6 Å². The Kier molecular flexibility index (Phi) is 6.60. The molecule has 0 spiro atoms. The van der Waals surface area contributed by atoms with Gasteiger partial charge >= 0.3 is 6.09 Å². The van der Waals surface area contributed by atoms with Crippen molar-refractivity contribution in [2.24, 2.45) is 5.92 Å². The molecule has 2 aromatic carbocycles. The highest BCUT2D eigenvalue weighted by atomic mass is 16.5. The summed E-state index contributed by atoms with van der Waals surface area (Å²) >= 11 is 0. The maximum atomic E-state index is 13.4. The first kappa shape index (κ1) is 24.4. The molecule has 5 N–H and O–H groups in total. The monoisotopic (exact) mass is 500 g/mol. The van der Waals surface area contributed by atoms with Crippen molar-refractivity contribution in [2.45, 2.75) is 38.8 Å². The van der Waals surface area contributed by atoms with E-state index in [1.807, 2.05) is 43.1 Å². The predicted molar refractivity (Wildman–Crippen MR) is 144 cm³/mol. The van der Waals surface area contributed by atoms with E-state index in [1.54, 1.807) is 0 Å². The summed E-state index contributed by atoms with van der Waals surface area (Å²) < 4.78 is 4.72. The van der Waals surface area contributed by atoms with Crippen LogP contribution in [0, 0.1) is 5.92 Å². The van der Waals surface area contributed by atoms with Gasteiger partial charge in [0.2, 0.25) is 5.91 Å². The summed E-state index contributed by atoms with van der Waals surface area (Å²) in [5, 5.41) is 3.76. The Morgan fingerprint density at radius 1 is 1.08 bits per heavy atom. The number of amides is 2. The number of likely N-dealkylation sites (tertiary alicyclic amines) is 1. The number of rotatable bonds is 6. The van der Waals surface area contributed by atoms with E-state index in [0.717, 1.165) is 57.8 Å². The molecule has 9 nitrogen and oxygen atoms in total. The molecule has 1 saturated heterocycles. The van der Waals surface area contributed by atoms with Gasteiger partial charge in [-0.15, -0.1) is 0 Å². The Bertz CT molecular complexity index is 1420. The molecule has 2 unspecified atom stereocenters. The third-order valence-electron chi connectivity index (χ3n) is 6.99. The van der Waals surface area contributed by atoms with Crippen LogP contribution in [0.4, 0.5) is 10.5 Å². The van der Waals surface area contributed by atoms with Gasteiger partial charge < -0.3 is 30.7 Å². The second-order valence-corrected chi connectivity index (χ2v) is 9.84. The van der Waals surface area contributed by atoms with E-state index in [9.17, 15) is 9.59 Å². The van der Waals surface area contributed by atoms with Gasteiger partial charge in [-0.25, -0.2) is 9.78 Å². The predicted octanol–water partition coefficient (Wildman–Crippen LogP) is 4.85. The number of carbonyl (C=O) groups excluding carboxylic acids is 2. The SMILES string of the molecule is COC(=O)NC(C(=O)N1CCCC1c1ncc(-c2ccc(-c3cc4cc(N)ccc4[nH]3)cc2)[nH]1)C(C)C. The van der Waals surface area contributed by atoms with Crippen LogP contribution < -0.4 is 11.1 Å². The third-order valence-corrected chi connectivity index (χ3v) is 6.99. The number of hydrogen-bond acceptors (Lipinski definition) is 5. The lowest BCUT2D eigenvalue weighted by molar-refractivity contribution is -0.135. The second kappa shape index (κ2) is 10.0. The Morgan fingerprint density at radius 2 is 1.81 bits per heavy atom. The van der Waals surface area contributed by atoms with Crippen LogP contribution in [0.3, 0.4) is 0 Å². The van der Waals surface area contributed by atoms with Crippen LogP contribution in [0.5, 0.6) is 0 Å². The number of nitrogen functional groups attached to an aromatic ring is 1. The Balaban J connectivity index is 1.33. The highest BCUT2D eigenvalue weighted by molar-refractivity contribution is 5.88. The van der Waals surface area contributed by atoms with E-state index in [4.69, 9.17) is 10.5 Å². The van der Waals surface area contributed by atoms with Gasteiger partial charge in [0, 0.05) is 28.8 Å². The Hall–Kier alpha value is -4.27. The molecule has 2 aromatic heterocycles. The molecule has 0 aliphatic carbocycles. The molecule has 2 atom stereocenters. The summed E-state index contributed by atoms with van der Waals surface area (Å²) in [5.41, 5.74) is 11.7. The lowest BCUT2D eigenvalue weighted by Crippen LogP contribution is -2.51. The van der Waals surface area contributed by atoms with E-state index in [1.165, 1.54) is 7.11 Å². The van der Waals surface area contributed by atoms with Gasteiger partial charge in [-0.05, 0) is 54.2 Å². The zero-order valence-corrected chi connectivity index (χ0v) is 21.2. The number of nitrogens with zero attached hydrogens (tertiary/aromatic N) is 2. The number of hydrogen-bond donors (Lipinski definition) is 4. The second-order valence-electron chi connectivity index (χ2n) is 9.84. The molecule has 4 aromatic rings. The van der Waals surface area contributed by atoms with Crippen molar-refractivity contribution < 1.29 is 14.3 Å². The molecule has 9 heteroatoms. The smallest absolute Gasteiger partial charge is 0.407 e. The van der Waals surface area contributed by atoms with Gasteiger partial charge in [0.25, 0.3) is 0 Å². The maximum Gasteiger partial charge on any atom is 0.407 e. The summed E-state index contributed by atoms with van der Waals surface area (Å²) in [6.45, 7) is 4.43. The van der Waals surface area contributed by atoms with Crippen molar-refractivity contribution in [1.29, 1.82) is 0 Å². The molecule has 0 bridgehead atoms. The topological polar surface area (TPSA) is 129 Å². The summed E-state index contributed by atoms with van der Waals surface area (Å²) in [7, 11) is 1.29. The molecule has 1 fully saturated rings. The highest BCUT2D eigenvalue weighted by Gasteiger charge is 2.37. The number of nitrogens with one attached hydrogen (secondary N) is 3. The van der Waals surface area contributed by atoms with Crippen LogP contribution in [0.15, 0.2) is 54.7 Å². The number of nitrogens with two attached hydrogens (primary N) is 1. The van der Waals surface area contributed by atoms with Crippen LogP contribution in [0.1, 0.15) is 38.6 Å². The summed E-state index contributed by atoms with van der Waals surface area (Å²) in [4.78, 5) is 38.5. The minimum absolute atomic E-state index is 0.0758. The number of fused-ring (bicyclic) bond motifs is 1. The maximum absolute atomic E-state index is 13.4. The molecule has 1 aliphatic rings. The number of methoxy groups -OCH3 is 1. The van der Waals surface area contributed by atoms with Crippen molar-refractivity contribution in [3.8, 4) is 22.5 Å². The quantitative estimate of drug-likeness (QED) is 0.281. The lowest BCUT2D eigenvalue weighted by atomic mass is 10.0. The number of imidazole rings is 1. The van der Waals surface area contributed by atoms with E-state index in [-0.39, 0.29) is 17.9 Å². The van der Waals surface area contributed by atoms with Crippen molar-refractivity contribution in [3.63, 3.8) is 0 Å². The average molecular weight is 501 g/mol. The number of alkyl carbamates (subject to hydrolysis) is 1. The fourth-order valence-corrected chi connectivity index (χ4v) is 4.98. The first-order valence-electron chi connectivity index (χ1n) is 12.5. The van der Waals surface area contributed by atoms with Gasteiger partial charge in [-0.2, -0.15) is 0 Å². The van der Waals surface area contributed by atoms with E-state index < -0.39 is 12.1 Å². The molecule has 3 heterocycles. The summed E-state index contributed by atoms with van der Waals surface area (Å²) in [6, 6.07) is 15.4. The zero-order chi connectivity index (χ0) is 26.1. The van der Waals surface area contributed by atoms with Gasteiger partial charge in [0.15, 0.2) is 0 Å².